The van der Waals surface area contributed by atoms with Crippen molar-refractivity contribution in [1.82, 2.24) is 15.5 Å². The predicted octanol–water partition coefficient (Wildman–Crippen LogP) is 1.93. The number of hydrogen-bond donors (Lipinski definition) is 2. The molecule has 1 atom stereocenters. The molecule has 0 aromatic rings. The normalized spacial score (nSPS) is 20.8. The van der Waals surface area contributed by atoms with E-state index in [-0.39, 0.29) is 29.6 Å². The van der Waals surface area contributed by atoms with E-state index in [0.717, 1.165) is 31.5 Å². The summed E-state index contributed by atoms with van der Waals surface area (Å²) in [6.07, 6.45) is 2.70. The van der Waals surface area contributed by atoms with Crippen LogP contribution in [0.2, 0.25) is 0 Å². The first-order valence-corrected chi connectivity index (χ1v) is 7.69. The molecule has 1 aliphatic heterocycles. The Morgan fingerprint density at radius 3 is 2.67 bits per heavy atom. The molecule has 0 radical (unpaired) electrons. The Morgan fingerprint density at radius 2 is 2.10 bits per heavy atom. The van der Waals surface area contributed by atoms with Gasteiger partial charge in [-0.1, -0.05) is 6.92 Å². The number of guanidine groups is 1. The average Bonchev–Trinajstić information content (AvgIpc) is 2.42. The van der Waals surface area contributed by atoms with Crippen LogP contribution in [0.25, 0.3) is 0 Å². The molecule has 0 aromatic carbocycles. The quantitative estimate of drug-likeness (QED) is 0.398. The fourth-order valence-corrected chi connectivity index (χ4v) is 2.41. The van der Waals surface area contributed by atoms with Crippen molar-refractivity contribution < 1.29 is 4.74 Å². The van der Waals surface area contributed by atoms with Crippen LogP contribution in [0.3, 0.4) is 0 Å². The first kappa shape index (κ1) is 20.9. The van der Waals surface area contributed by atoms with E-state index in [4.69, 9.17) is 4.74 Å². The summed E-state index contributed by atoms with van der Waals surface area (Å²) in [5.41, 5.74) is -0.181. The maximum atomic E-state index is 5.39. The summed E-state index contributed by atoms with van der Waals surface area (Å²) >= 11 is 0. The van der Waals surface area contributed by atoms with Gasteiger partial charge in [0.2, 0.25) is 0 Å². The number of methoxy groups -OCH3 is 1. The van der Waals surface area contributed by atoms with Crippen molar-refractivity contribution in [3.8, 4) is 0 Å². The van der Waals surface area contributed by atoms with E-state index >= 15 is 0 Å². The van der Waals surface area contributed by atoms with E-state index < -0.39 is 0 Å². The molecule has 1 aliphatic rings. The zero-order valence-corrected chi connectivity index (χ0v) is 16.6. The number of nitrogens with zero attached hydrogens (tertiary/aromatic N) is 2. The van der Waals surface area contributed by atoms with E-state index in [2.05, 4.69) is 41.3 Å². The summed E-state index contributed by atoms with van der Waals surface area (Å²) in [6, 6.07) is 0. The smallest absolute Gasteiger partial charge is 0.191 e. The summed E-state index contributed by atoms with van der Waals surface area (Å²) in [5, 5.41) is 6.67. The minimum absolute atomic E-state index is 0. The van der Waals surface area contributed by atoms with Gasteiger partial charge in [-0.2, -0.15) is 0 Å². The van der Waals surface area contributed by atoms with Gasteiger partial charge in [-0.15, -0.1) is 24.0 Å². The molecule has 5 nitrogen and oxygen atoms in total. The lowest BCUT2D eigenvalue weighted by Gasteiger charge is -2.31. The molecular formula is C15H33IN4O. The number of rotatable bonds is 6. The summed E-state index contributed by atoms with van der Waals surface area (Å²) < 4.78 is 5.39. The minimum Gasteiger partial charge on any atom is -0.377 e. The zero-order chi connectivity index (χ0) is 15.0. The molecule has 0 amide bonds. The van der Waals surface area contributed by atoms with Gasteiger partial charge in [0.15, 0.2) is 5.96 Å². The third-order valence-corrected chi connectivity index (χ3v) is 3.92. The van der Waals surface area contributed by atoms with Gasteiger partial charge < -0.3 is 20.3 Å². The molecule has 1 saturated heterocycles. The summed E-state index contributed by atoms with van der Waals surface area (Å²) in [6.45, 7) is 11.7. The van der Waals surface area contributed by atoms with Crippen LogP contribution in [0.15, 0.2) is 4.99 Å². The predicted molar refractivity (Wildman–Crippen MR) is 101 cm³/mol. The number of ether oxygens (including phenoxy) is 1. The van der Waals surface area contributed by atoms with Crippen LogP contribution in [0, 0.1) is 5.92 Å². The highest BCUT2D eigenvalue weighted by Crippen LogP contribution is 2.14. The third-order valence-electron chi connectivity index (χ3n) is 3.92. The molecular weight excluding hydrogens is 379 g/mol. The standard InChI is InChI=1S/C15H32N4O.HI/c1-13-7-6-9-19(11-13)10-8-17-14(16-4)18-12-15(2,3)20-5;/h13H,6-12H2,1-5H3,(H2,16,17,18);1H. The monoisotopic (exact) mass is 412 g/mol. The molecule has 0 aromatic heterocycles. The lowest BCUT2D eigenvalue weighted by molar-refractivity contribution is 0.0268. The number of hydrogen-bond acceptors (Lipinski definition) is 3. The highest BCUT2D eigenvalue weighted by atomic mass is 127. The lowest BCUT2D eigenvalue weighted by atomic mass is 10.0. The number of piperidine rings is 1. The Morgan fingerprint density at radius 1 is 1.38 bits per heavy atom. The van der Waals surface area contributed by atoms with Crippen molar-refractivity contribution in [3.05, 3.63) is 0 Å². The summed E-state index contributed by atoms with van der Waals surface area (Å²) in [5.74, 6) is 1.68. The molecule has 1 fully saturated rings. The van der Waals surface area contributed by atoms with Crippen molar-refractivity contribution in [2.45, 2.75) is 39.2 Å². The first-order valence-electron chi connectivity index (χ1n) is 7.69. The molecule has 1 heterocycles. The minimum atomic E-state index is -0.181. The second kappa shape index (κ2) is 10.6. The van der Waals surface area contributed by atoms with Crippen LogP contribution in [-0.2, 0) is 4.74 Å². The second-order valence-electron chi connectivity index (χ2n) is 6.36. The van der Waals surface area contributed by atoms with Gasteiger partial charge in [-0.05, 0) is 39.2 Å². The lowest BCUT2D eigenvalue weighted by Crippen LogP contribution is -2.47. The number of nitrogens with one attached hydrogen (secondary N) is 2. The second-order valence-corrected chi connectivity index (χ2v) is 6.36. The molecule has 1 rings (SSSR count). The van der Waals surface area contributed by atoms with Gasteiger partial charge in [-0.3, -0.25) is 4.99 Å². The molecule has 0 bridgehead atoms. The first-order chi connectivity index (χ1) is 9.46. The van der Waals surface area contributed by atoms with Crippen molar-refractivity contribution >= 4 is 29.9 Å². The van der Waals surface area contributed by atoms with Crippen molar-refractivity contribution in [3.63, 3.8) is 0 Å². The van der Waals surface area contributed by atoms with Gasteiger partial charge >= 0.3 is 0 Å². The van der Waals surface area contributed by atoms with Gasteiger partial charge in [0.1, 0.15) is 0 Å². The molecule has 1 unspecified atom stereocenters. The fourth-order valence-electron chi connectivity index (χ4n) is 2.41. The Balaban J connectivity index is 0.00000400. The Labute approximate surface area is 147 Å². The molecule has 0 saturated carbocycles. The number of aliphatic imine (C=N–C) groups is 1. The highest BCUT2D eigenvalue weighted by Gasteiger charge is 2.17. The van der Waals surface area contributed by atoms with Gasteiger partial charge in [-0.25, -0.2) is 0 Å². The van der Waals surface area contributed by atoms with Gasteiger partial charge in [0.05, 0.1) is 5.60 Å². The molecule has 0 aliphatic carbocycles. The topological polar surface area (TPSA) is 48.9 Å². The summed E-state index contributed by atoms with van der Waals surface area (Å²) in [7, 11) is 3.54. The number of halogens is 1. The summed E-state index contributed by atoms with van der Waals surface area (Å²) in [4.78, 5) is 6.78. The van der Waals surface area contributed by atoms with E-state index in [1.54, 1.807) is 14.2 Å². The number of likely N-dealkylation sites (tertiary alicyclic amines) is 1. The third kappa shape index (κ3) is 8.83. The van der Waals surface area contributed by atoms with E-state index in [9.17, 15) is 0 Å². The Bertz CT molecular complexity index is 310. The van der Waals surface area contributed by atoms with Crippen LogP contribution in [0.4, 0.5) is 0 Å². The average molecular weight is 412 g/mol. The highest BCUT2D eigenvalue weighted by molar-refractivity contribution is 14.0. The van der Waals surface area contributed by atoms with Crippen molar-refractivity contribution in [2.24, 2.45) is 10.9 Å². The van der Waals surface area contributed by atoms with Crippen LogP contribution >= 0.6 is 24.0 Å². The molecule has 0 spiro atoms. The Hall–Kier alpha value is -0.0800. The fraction of sp³-hybridized carbons (Fsp3) is 0.933. The van der Waals surface area contributed by atoms with E-state index in [1.165, 1.54) is 25.9 Å². The molecule has 6 heteroatoms. The molecule has 2 N–H and O–H groups in total. The SMILES string of the molecule is CN=C(NCCN1CCCC(C)C1)NCC(C)(C)OC.I. The zero-order valence-electron chi connectivity index (χ0n) is 14.2. The van der Waals surface area contributed by atoms with Crippen molar-refractivity contribution in [2.75, 3.05) is 46.9 Å². The van der Waals surface area contributed by atoms with Crippen molar-refractivity contribution in [1.29, 1.82) is 0 Å². The van der Waals surface area contributed by atoms with Crippen LogP contribution in [-0.4, -0.2) is 63.3 Å². The maximum Gasteiger partial charge on any atom is 0.191 e. The largest absolute Gasteiger partial charge is 0.377 e. The van der Waals surface area contributed by atoms with Gasteiger partial charge in [0, 0.05) is 40.3 Å². The molecule has 126 valence electrons. The van der Waals surface area contributed by atoms with E-state index in [1.807, 2.05) is 0 Å². The Kier molecular flexibility index (Phi) is 10.6. The van der Waals surface area contributed by atoms with Crippen LogP contribution in [0.1, 0.15) is 33.6 Å². The van der Waals surface area contributed by atoms with E-state index in [0.29, 0.717) is 0 Å². The van der Waals surface area contributed by atoms with Crippen LogP contribution < -0.4 is 10.6 Å². The van der Waals surface area contributed by atoms with Gasteiger partial charge in [0.25, 0.3) is 0 Å². The maximum absolute atomic E-state index is 5.39. The van der Waals surface area contributed by atoms with Crippen LogP contribution in [0.5, 0.6) is 0 Å². The molecule has 21 heavy (non-hydrogen) atoms.